The third kappa shape index (κ3) is 7.29. The van der Waals surface area contributed by atoms with Crippen molar-refractivity contribution >= 4 is 34.6 Å². The number of hydrogen-bond donors (Lipinski definition) is 1. The fourth-order valence-electron chi connectivity index (χ4n) is 7.67. The van der Waals surface area contributed by atoms with E-state index < -0.39 is 12.0 Å². The number of hydrogen-bond acceptors (Lipinski definition) is 7. The maximum atomic E-state index is 14.7. The third-order valence-electron chi connectivity index (χ3n) is 9.96. The second-order valence-electron chi connectivity index (χ2n) is 13.8. The zero-order valence-electron chi connectivity index (χ0n) is 30.6. The summed E-state index contributed by atoms with van der Waals surface area (Å²) in [5.74, 6) is 1.40. The van der Waals surface area contributed by atoms with Crippen molar-refractivity contribution in [3.05, 3.63) is 108 Å². The highest BCUT2D eigenvalue weighted by molar-refractivity contribution is 6.13. The molecule has 3 atom stereocenters. The molecule has 9 heteroatoms. The van der Waals surface area contributed by atoms with E-state index >= 15 is 0 Å². The fraction of sp³-hybridized carbons (Fsp3) is 0.357. The molecule has 266 valence electrons. The van der Waals surface area contributed by atoms with Gasteiger partial charge in [-0.05, 0) is 93.6 Å². The Balaban J connectivity index is 1.47. The van der Waals surface area contributed by atoms with Gasteiger partial charge in [-0.3, -0.25) is 14.7 Å². The minimum absolute atomic E-state index is 0.0312. The largest absolute Gasteiger partial charge is 0.497 e. The first kappa shape index (κ1) is 35.5. The van der Waals surface area contributed by atoms with Crippen LogP contribution in [0.4, 0.5) is 21.9 Å². The Labute approximate surface area is 301 Å². The molecule has 1 saturated carbocycles. The lowest BCUT2D eigenvalue weighted by Gasteiger charge is -2.40. The van der Waals surface area contributed by atoms with Gasteiger partial charge in [-0.1, -0.05) is 42.5 Å². The maximum absolute atomic E-state index is 14.7. The van der Waals surface area contributed by atoms with Gasteiger partial charge in [0, 0.05) is 48.1 Å². The molecule has 3 unspecified atom stereocenters. The number of ether oxygens (including phenoxy) is 3. The zero-order valence-corrected chi connectivity index (χ0v) is 30.6. The number of methoxy groups -OCH3 is 3. The van der Waals surface area contributed by atoms with Gasteiger partial charge >= 0.3 is 6.03 Å². The molecule has 4 aromatic carbocycles. The van der Waals surface area contributed by atoms with Crippen molar-refractivity contribution in [2.45, 2.75) is 71.1 Å². The Morgan fingerprint density at radius 3 is 2.12 bits per heavy atom. The van der Waals surface area contributed by atoms with E-state index in [1.54, 1.807) is 26.2 Å². The number of anilines is 2. The Morgan fingerprint density at radius 2 is 1.49 bits per heavy atom. The SMILES string of the molecule is COc1ccc(CNC(=O)N2c3ccccc3N=C3CC(c4ccc(OC)cc4)CC(=O)C3C2c2ccc(N(C(C)C)C(C)C)cc2OC)cc1. The quantitative estimate of drug-likeness (QED) is 0.179. The van der Waals surface area contributed by atoms with Crippen LogP contribution in [0.25, 0.3) is 0 Å². The molecule has 9 nitrogen and oxygen atoms in total. The van der Waals surface area contributed by atoms with Gasteiger partial charge in [0.2, 0.25) is 0 Å². The van der Waals surface area contributed by atoms with Gasteiger partial charge in [0.15, 0.2) is 0 Å². The molecule has 1 aliphatic heterocycles. The minimum Gasteiger partial charge on any atom is -0.497 e. The molecule has 1 heterocycles. The molecule has 4 aromatic rings. The number of carbonyl (C=O) groups is 2. The Kier molecular flexibility index (Phi) is 10.6. The van der Waals surface area contributed by atoms with Crippen molar-refractivity contribution in [2.75, 3.05) is 31.1 Å². The third-order valence-corrected chi connectivity index (χ3v) is 9.96. The number of ketones is 1. The van der Waals surface area contributed by atoms with Crippen LogP contribution in [0.5, 0.6) is 17.2 Å². The topological polar surface area (TPSA) is 92.7 Å². The molecule has 0 saturated heterocycles. The summed E-state index contributed by atoms with van der Waals surface area (Å²) in [7, 11) is 4.91. The van der Waals surface area contributed by atoms with E-state index in [1.807, 2.05) is 84.9 Å². The van der Waals surface area contributed by atoms with E-state index in [4.69, 9.17) is 19.2 Å². The first-order valence-corrected chi connectivity index (χ1v) is 17.6. The average Bonchev–Trinajstić information content (AvgIpc) is 3.28. The molecule has 51 heavy (non-hydrogen) atoms. The van der Waals surface area contributed by atoms with Gasteiger partial charge in [-0.2, -0.15) is 0 Å². The highest BCUT2D eigenvalue weighted by Crippen LogP contribution is 2.49. The van der Waals surface area contributed by atoms with E-state index in [0.717, 1.165) is 39.6 Å². The zero-order chi connectivity index (χ0) is 36.2. The van der Waals surface area contributed by atoms with Gasteiger partial charge in [0.25, 0.3) is 0 Å². The monoisotopic (exact) mass is 688 g/mol. The lowest BCUT2D eigenvalue weighted by molar-refractivity contribution is -0.122. The van der Waals surface area contributed by atoms with Gasteiger partial charge in [-0.25, -0.2) is 4.79 Å². The Bertz CT molecular complexity index is 1880. The highest BCUT2D eigenvalue weighted by Gasteiger charge is 2.47. The van der Waals surface area contributed by atoms with Crippen LogP contribution in [0.3, 0.4) is 0 Å². The molecule has 2 amide bonds. The molecule has 1 aliphatic carbocycles. The summed E-state index contributed by atoms with van der Waals surface area (Å²) in [5, 5.41) is 3.15. The number of rotatable bonds is 10. The molecule has 1 fully saturated rings. The predicted octanol–water partition coefficient (Wildman–Crippen LogP) is 8.64. The van der Waals surface area contributed by atoms with Crippen LogP contribution in [0, 0.1) is 5.92 Å². The molecule has 6 rings (SSSR count). The van der Waals surface area contributed by atoms with Gasteiger partial charge in [0.1, 0.15) is 23.0 Å². The van der Waals surface area contributed by atoms with Crippen molar-refractivity contribution in [2.24, 2.45) is 10.9 Å². The van der Waals surface area contributed by atoms with Crippen molar-refractivity contribution in [3.8, 4) is 17.2 Å². The lowest BCUT2D eigenvalue weighted by atomic mass is 9.72. The molecule has 0 radical (unpaired) electrons. The second kappa shape index (κ2) is 15.3. The molecule has 0 spiro atoms. The normalized spacial score (nSPS) is 18.4. The number of para-hydroxylation sites is 2. The highest BCUT2D eigenvalue weighted by atomic mass is 16.5. The molecular weight excluding hydrogens is 640 g/mol. The van der Waals surface area contributed by atoms with Crippen LogP contribution in [0.1, 0.15) is 69.2 Å². The average molecular weight is 689 g/mol. The molecule has 2 aliphatic rings. The summed E-state index contributed by atoms with van der Waals surface area (Å²) in [6.45, 7) is 8.95. The number of nitrogens with zero attached hydrogens (tertiary/aromatic N) is 3. The lowest BCUT2D eigenvalue weighted by Crippen LogP contribution is -2.49. The van der Waals surface area contributed by atoms with E-state index in [0.29, 0.717) is 30.0 Å². The number of aliphatic imine (C=N–C) groups is 1. The number of Topliss-reactive ketones (excluding diaryl/α,β-unsaturated/α-hetero) is 1. The van der Waals surface area contributed by atoms with Gasteiger partial charge < -0.3 is 24.4 Å². The van der Waals surface area contributed by atoms with Crippen LogP contribution in [0.15, 0.2) is 96.0 Å². The smallest absolute Gasteiger partial charge is 0.322 e. The number of amides is 2. The van der Waals surface area contributed by atoms with Crippen molar-refractivity contribution in [3.63, 3.8) is 0 Å². The number of carbonyl (C=O) groups excluding carboxylic acids is 2. The summed E-state index contributed by atoms with van der Waals surface area (Å²) in [4.78, 5) is 38.6. The summed E-state index contributed by atoms with van der Waals surface area (Å²) in [6.07, 6.45) is 0.892. The molecule has 0 bridgehead atoms. The first-order chi connectivity index (χ1) is 24.6. The van der Waals surface area contributed by atoms with Crippen molar-refractivity contribution in [1.29, 1.82) is 0 Å². The van der Waals surface area contributed by atoms with E-state index in [1.165, 1.54) is 0 Å². The predicted molar refractivity (Wildman–Crippen MR) is 203 cm³/mol. The molecule has 0 aromatic heterocycles. The standard InChI is InChI=1S/C42H48N4O5/c1-26(2)45(27(3)4)31-16-21-34(39(24-31)51-7)41-40-36(22-30(23-38(40)47)29-14-19-33(50-6)20-15-29)44-35-10-8-9-11-37(35)46(41)42(48)43-25-28-12-17-32(49-5)18-13-28/h8-21,24,26-27,30,40-41H,22-23,25H2,1-7H3,(H,43,48). The van der Waals surface area contributed by atoms with Gasteiger partial charge in [0.05, 0.1) is 44.7 Å². The molecular formula is C42H48N4O5. The van der Waals surface area contributed by atoms with E-state index in [2.05, 4.69) is 44.0 Å². The number of urea groups is 1. The van der Waals surface area contributed by atoms with Crippen LogP contribution in [0.2, 0.25) is 0 Å². The minimum atomic E-state index is -0.719. The van der Waals surface area contributed by atoms with Gasteiger partial charge in [-0.15, -0.1) is 0 Å². The Morgan fingerprint density at radius 1 is 0.843 bits per heavy atom. The fourth-order valence-corrected chi connectivity index (χ4v) is 7.67. The number of benzene rings is 4. The second-order valence-corrected chi connectivity index (χ2v) is 13.8. The van der Waals surface area contributed by atoms with Crippen LogP contribution in [-0.2, 0) is 11.3 Å². The van der Waals surface area contributed by atoms with Crippen LogP contribution in [-0.4, -0.2) is 50.9 Å². The van der Waals surface area contributed by atoms with Crippen molar-refractivity contribution < 1.29 is 23.8 Å². The van der Waals surface area contributed by atoms with Crippen LogP contribution < -0.4 is 29.3 Å². The summed E-state index contributed by atoms with van der Waals surface area (Å²) in [5.41, 5.74) is 5.75. The van der Waals surface area contributed by atoms with Crippen LogP contribution >= 0.6 is 0 Å². The van der Waals surface area contributed by atoms with E-state index in [-0.39, 0.29) is 36.4 Å². The first-order valence-electron chi connectivity index (χ1n) is 17.6. The summed E-state index contributed by atoms with van der Waals surface area (Å²) >= 11 is 0. The maximum Gasteiger partial charge on any atom is 0.322 e. The Hall–Kier alpha value is -5.31. The molecule has 1 N–H and O–H groups in total. The number of fused-ring (bicyclic) bond motifs is 2. The summed E-state index contributed by atoms with van der Waals surface area (Å²) in [6, 6.07) is 28.7. The van der Waals surface area contributed by atoms with Crippen molar-refractivity contribution in [1.82, 2.24) is 5.32 Å². The van der Waals surface area contributed by atoms with E-state index in [9.17, 15) is 9.59 Å². The summed E-state index contributed by atoms with van der Waals surface area (Å²) < 4.78 is 16.8. The number of nitrogens with one attached hydrogen (secondary N) is 1.